The van der Waals surface area contributed by atoms with E-state index in [0.29, 0.717) is 30.0 Å². The molecule has 0 spiro atoms. The second kappa shape index (κ2) is 7.52. The zero-order chi connectivity index (χ0) is 20.5. The number of aryl methyl sites for hydroxylation is 1. The molecular formula is C24H24N2O2. The standard InChI is InChI=1S/C24H24N2O2/c1-2-16-6-4-9-19-20-10-5-11-21(24(27)28)23(20)26(22(19)13-16)15-18-8-3-7-17(12-18)14-25/h3,5,7-8,10-12,16H,2,4,6,9,13,15H2,1H3,(H,27,28)/i4D. The number of carbonyl (C=O) groups is 1. The number of para-hydroxylation sites is 1. The Morgan fingerprint density at radius 1 is 1.36 bits per heavy atom. The van der Waals surface area contributed by atoms with Crippen LogP contribution in [0.4, 0.5) is 0 Å². The van der Waals surface area contributed by atoms with E-state index < -0.39 is 5.97 Å². The fourth-order valence-corrected chi connectivity index (χ4v) is 4.39. The lowest BCUT2D eigenvalue weighted by atomic mass is 9.97. The molecule has 0 saturated heterocycles. The number of nitriles is 1. The molecule has 142 valence electrons. The minimum absolute atomic E-state index is 0.171. The van der Waals surface area contributed by atoms with Crippen molar-refractivity contribution >= 4 is 16.9 Å². The van der Waals surface area contributed by atoms with Gasteiger partial charge < -0.3 is 9.67 Å². The van der Waals surface area contributed by atoms with E-state index in [2.05, 4.69) is 17.6 Å². The molecule has 2 aromatic carbocycles. The van der Waals surface area contributed by atoms with Crippen molar-refractivity contribution in [3.63, 3.8) is 0 Å². The molecule has 0 aliphatic heterocycles. The SMILES string of the molecule is [2H]C1Cc2c(n(Cc3cccc(C#N)c3)c3c(C(=O)O)cccc23)CC(CC)C1. The third-order valence-corrected chi connectivity index (χ3v) is 5.84. The third-order valence-electron chi connectivity index (χ3n) is 5.84. The average Bonchev–Trinajstić information content (AvgIpc) is 2.88. The Morgan fingerprint density at radius 2 is 2.18 bits per heavy atom. The molecule has 0 amide bonds. The summed E-state index contributed by atoms with van der Waals surface area (Å²) in [4.78, 5) is 12.0. The summed E-state index contributed by atoms with van der Waals surface area (Å²) in [6.07, 6.45) is 3.21. The van der Waals surface area contributed by atoms with Crippen molar-refractivity contribution in [3.05, 3.63) is 70.4 Å². The zero-order valence-electron chi connectivity index (χ0n) is 17.0. The van der Waals surface area contributed by atoms with Crippen LogP contribution in [0.25, 0.3) is 10.9 Å². The Hall–Kier alpha value is -3.06. The summed E-state index contributed by atoms with van der Waals surface area (Å²) in [6.45, 7) is 2.68. The second-order valence-electron chi connectivity index (χ2n) is 7.54. The van der Waals surface area contributed by atoms with Gasteiger partial charge in [-0.2, -0.15) is 5.26 Å². The van der Waals surface area contributed by atoms with Crippen molar-refractivity contribution in [2.24, 2.45) is 5.92 Å². The average molecular weight is 373 g/mol. The molecule has 1 heterocycles. The molecule has 0 fully saturated rings. The fraction of sp³-hybridized carbons (Fsp3) is 0.333. The number of rotatable bonds is 4. The van der Waals surface area contributed by atoms with Gasteiger partial charge in [-0.1, -0.05) is 37.6 Å². The Morgan fingerprint density at radius 3 is 2.93 bits per heavy atom. The minimum atomic E-state index is -0.940. The first-order valence-electron chi connectivity index (χ1n) is 10.4. The lowest BCUT2D eigenvalue weighted by molar-refractivity contribution is 0.0698. The number of fused-ring (bicyclic) bond motifs is 3. The van der Waals surface area contributed by atoms with Gasteiger partial charge in [0.05, 0.1) is 22.7 Å². The molecule has 1 aliphatic carbocycles. The zero-order valence-corrected chi connectivity index (χ0v) is 16.0. The Labute approximate surface area is 166 Å². The highest BCUT2D eigenvalue weighted by molar-refractivity contribution is 6.04. The van der Waals surface area contributed by atoms with Gasteiger partial charge in [-0.3, -0.25) is 0 Å². The maximum atomic E-state index is 12.0. The van der Waals surface area contributed by atoms with Crippen molar-refractivity contribution in [2.75, 3.05) is 0 Å². The number of hydrogen-bond donors (Lipinski definition) is 1. The summed E-state index contributed by atoms with van der Waals surface area (Å²) in [5.74, 6) is -0.523. The van der Waals surface area contributed by atoms with Gasteiger partial charge in [0.25, 0.3) is 0 Å². The molecule has 1 N–H and O–H groups in total. The quantitative estimate of drug-likeness (QED) is 0.642. The molecule has 3 aromatic rings. The maximum absolute atomic E-state index is 12.0. The van der Waals surface area contributed by atoms with E-state index >= 15 is 0 Å². The van der Waals surface area contributed by atoms with Crippen LogP contribution in [0.2, 0.25) is 0 Å². The molecule has 4 nitrogen and oxygen atoms in total. The van der Waals surface area contributed by atoms with E-state index in [-0.39, 0.29) is 6.40 Å². The second-order valence-corrected chi connectivity index (χ2v) is 7.54. The van der Waals surface area contributed by atoms with Crippen molar-refractivity contribution in [1.29, 1.82) is 5.26 Å². The topological polar surface area (TPSA) is 66.0 Å². The van der Waals surface area contributed by atoms with Crippen LogP contribution in [0.5, 0.6) is 0 Å². The molecule has 1 aromatic heterocycles. The lowest BCUT2D eigenvalue weighted by Crippen LogP contribution is -2.11. The Bertz CT molecular complexity index is 1130. The van der Waals surface area contributed by atoms with Crippen LogP contribution >= 0.6 is 0 Å². The summed E-state index contributed by atoms with van der Waals surface area (Å²) >= 11 is 0. The van der Waals surface area contributed by atoms with Crippen LogP contribution in [-0.2, 0) is 19.4 Å². The van der Waals surface area contributed by atoms with Crippen molar-refractivity contribution in [1.82, 2.24) is 4.57 Å². The van der Waals surface area contributed by atoms with Crippen molar-refractivity contribution in [2.45, 2.75) is 45.5 Å². The summed E-state index contributed by atoms with van der Waals surface area (Å²) in [5.41, 5.74) is 4.87. The van der Waals surface area contributed by atoms with Gasteiger partial charge in [0.2, 0.25) is 0 Å². The van der Waals surface area contributed by atoms with Crippen molar-refractivity contribution in [3.8, 4) is 6.07 Å². The Kier molecular flexibility index (Phi) is 4.58. The first kappa shape index (κ1) is 17.1. The number of nitrogens with zero attached hydrogens (tertiary/aromatic N) is 2. The molecule has 4 heteroatoms. The van der Waals surface area contributed by atoms with Crippen LogP contribution in [0, 0.1) is 17.2 Å². The first-order valence-corrected chi connectivity index (χ1v) is 9.79. The predicted octanol–water partition coefficient (Wildman–Crippen LogP) is 5.16. The van der Waals surface area contributed by atoms with Crippen LogP contribution in [0.1, 0.15) is 60.3 Å². The molecule has 4 rings (SSSR count). The lowest BCUT2D eigenvalue weighted by Gasteiger charge is -2.16. The maximum Gasteiger partial charge on any atom is 0.337 e. The number of aromatic carboxylic acids is 1. The molecule has 0 radical (unpaired) electrons. The van der Waals surface area contributed by atoms with Crippen LogP contribution in [-0.4, -0.2) is 15.6 Å². The molecule has 28 heavy (non-hydrogen) atoms. The van der Waals surface area contributed by atoms with Crippen LogP contribution in [0.3, 0.4) is 0 Å². The van der Waals surface area contributed by atoms with E-state index in [0.717, 1.165) is 47.0 Å². The summed E-state index contributed by atoms with van der Waals surface area (Å²) in [7, 11) is 0. The van der Waals surface area contributed by atoms with Gasteiger partial charge in [0, 0.05) is 19.0 Å². The molecule has 2 unspecified atom stereocenters. The highest BCUT2D eigenvalue weighted by Crippen LogP contribution is 2.36. The van der Waals surface area contributed by atoms with Gasteiger partial charge >= 0.3 is 5.97 Å². The van der Waals surface area contributed by atoms with Gasteiger partial charge in [-0.15, -0.1) is 0 Å². The Balaban J connectivity index is 1.96. The highest BCUT2D eigenvalue weighted by atomic mass is 16.4. The van der Waals surface area contributed by atoms with E-state index in [1.165, 1.54) is 0 Å². The van der Waals surface area contributed by atoms with Gasteiger partial charge in [-0.25, -0.2) is 4.79 Å². The van der Waals surface area contributed by atoms with Crippen molar-refractivity contribution < 1.29 is 11.3 Å². The number of carboxylic acids is 1. The summed E-state index contributed by atoms with van der Waals surface area (Å²) in [6, 6.07) is 15.1. The van der Waals surface area contributed by atoms with E-state index in [9.17, 15) is 15.2 Å². The number of hydrogen-bond acceptors (Lipinski definition) is 2. The minimum Gasteiger partial charge on any atom is -0.478 e. The normalized spacial score (nSPS) is 19.5. The first-order chi connectivity index (χ1) is 14.0. The number of aromatic nitrogens is 1. The number of carboxylic acid groups (broad SMARTS) is 1. The third kappa shape index (κ3) is 3.18. The highest BCUT2D eigenvalue weighted by Gasteiger charge is 2.25. The predicted molar refractivity (Wildman–Crippen MR) is 110 cm³/mol. The largest absolute Gasteiger partial charge is 0.478 e. The molecular weight excluding hydrogens is 348 g/mol. The molecule has 1 aliphatic rings. The fourth-order valence-electron chi connectivity index (χ4n) is 4.39. The van der Waals surface area contributed by atoms with E-state index in [1.807, 2.05) is 24.3 Å². The summed E-state index contributed by atoms with van der Waals surface area (Å²) in [5, 5.41) is 20.0. The van der Waals surface area contributed by atoms with E-state index in [1.54, 1.807) is 18.2 Å². The van der Waals surface area contributed by atoms with Crippen LogP contribution in [0.15, 0.2) is 42.5 Å². The van der Waals surface area contributed by atoms with E-state index in [4.69, 9.17) is 1.37 Å². The van der Waals surface area contributed by atoms with Gasteiger partial charge in [-0.05, 0) is 60.9 Å². The van der Waals surface area contributed by atoms with Crippen LogP contribution < -0.4 is 0 Å². The van der Waals surface area contributed by atoms with Gasteiger partial charge in [0.1, 0.15) is 0 Å². The monoisotopic (exact) mass is 373 g/mol. The molecule has 2 atom stereocenters. The molecule has 0 saturated carbocycles. The molecule has 0 bridgehead atoms. The number of benzene rings is 2. The summed E-state index contributed by atoms with van der Waals surface area (Å²) < 4.78 is 10.6. The smallest absolute Gasteiger partial charge is 0.337 e. The van der Waals surface area contributed by atoms with Gasteiger partial charge in [0.15, 0.2) is 0 Å².